The van der Waals surface area contributed by atoms with Gasteiger partial charge in [-0.2, -0.15) is 5.10 Å². The van der Waals surface area contributed by atoms with E-state index in [9.17, 15) is 14.0 Å². The van der Waals surface area contributed by atoms with Crippen LogP contribution >= 0.6 is 0 Å². The van der Waals surface area contributed by atoms with Crippen molar-refractivity contribution in [2.45, 2.75) is 33.0 Å². The molecule has 2 amide bonds. The van der Waals surface area contributed by atoms with Crippen molar-refractivity contribution in [1.82, 2.24) is 20.4 Å². The fourth-order valence-electron chi connectivity index (χ4n) is 3.97. The van der Waals surface area contributed by atoms with E-state index in [1.807, 2.05) is 85.4 Å². The molecule has 0 aliphatic rings. The second kappa shape index (κ2) is 11.4. The Morgan fingerprint density at radius 2 is 1.56 bits per heavy atom. The van der Waals surface area contributed by atoms with Crippen LogP contribution in [-0.4, -0.2) is 27.6 Å². The minimum Gasteiger partial charge on any atom is -0.350 e. The average molecular weight is 485 g/mol. The highest BCUT2D eigenvalue weighted by atomic mass is 19.1. The molecule has 36 heavy (non-hydrogen) atoms. The zero-order chi connectivity index (χ0) is 25.5. The van der Waals surface area contributed by atoms with Crippen LogP contribution in [0.15, 0.2) is 91.1 Å². The largest absolute Gasteiger partial charge is 0.350 e. The zero-order valence-electron chi connectivity index (χ0n) is 20.3. The topological polar surface area (TPSA) is 76.0 Å². The second-order valence-corrected chi connectivity index (χ2v) is 8.94. The number of nitrogens with one attached hydrogen (secondary N) is 2. The van der Waals surface area contributed by atoms with E-state index in [1.165, 1.54) is 18.2 Å². The third-order valence-corrected chi connectivity index (χ3v) is 5.88. The molecule has 0 saturated heterocycles. The van der Waals surface area contributed by atoms with Gasteiger partial charge in [-0.15, -0.1) is 0 Å². The SMILES string of the molecule is CC(C)[C@@H](NC(=O)c1ccccc1F)C(=O)NCc1cn(Cc2ccccc2)nc1-c1ccccc1. The molecule has 1 atom stereocenters. The Hall–Kier alpha value is -4.26. The predicted octanol–water partition coefficient (Wildman–Crippen LogP) is 4.81. The summed E-state index contributed by atoms with van der Waals surface area (Å²) in [5.41, 5.74) is 3.61. The molecule has 3 aromatic carbocycles. The molecule has 2 N–H and O–H groups in total. The maximum absolute atomic E-state index is 14.1. The number of carbonyl (C=O) groups excluding carboxylic acids is 2. The van der Waals surface area contributed by atoms with Gasteiger partial charge in [0.15, 0.2) is 0 Å². The minimum absolute atomic E-state index is 0.0931. The van der Waals surface area contributed by atoms with E-state index in [-0.39, 0.29) is 23.9 Å². The van der Waals surface area contributed by atoms with Crippen molar-refractivity contribution in [3.63, 3.8) is 0 Å². The number of benzene rings is 3. The standard InChI is InChI=1S/C29H29FN4O2/c1-20(2)26(32-28(35)24-15-9-10-16-25(24)30)29(36)31-17-23-19-34(18-21-11-5-3-6-12-21)33-27(23)22-13-7-4-8-14-22/h3-16,19-20,26H,17-18H2,1-2H3,(H,31,36)(H,32,35)/t26-/m1/s1. The van der Waals surface area contributed by atoms with Crippen molar-refractivity contribution in [1.29, 1.82) is 0 Å². The summed E-state index contributed by atoms with van der Waals surface area (Å²) in [5.74, 6) is -1.79. The molecule has 0 unspecified atom stereocenters. The Kier molecular flexibility index (Phi) is 7.90. The number of hydrogen-bond acceptors (Lipinski definition) is 3. The lowest BCUT2D eigenvalue weighted by molar-refractivity contribution is -0.124. The summed E-state index contributed by atoms with van der Waals surface area (Å²) >= 11 is 0. The van der Waals surface area contributed by atoms with Gasteiger partial charge in [0.2, 0.25) is 5.91 Å². The van der Waals surface area contributed by atoms with Crippen LogP contribution in [0.5, 0.6) is 0 Å². The molecule has 7 heteroatoms. The van der Waals surface area contributed by atoms with Gasteiger partial charge < -0.3 is 10.6 Å². The molecule has 0 fully saturated rings. The number of carbonyl (C=O) groups is 2. The Balaban J connectivity index is 1.51. The van der Waals surface area contributed by atoms with Crippen molar-refractivity contribution >= 4 is 11.8 Å². The normalized spacial score (nSPS) is 11.8. The number of rotatable bonds is 9. The van der Waals surface area contributed by atoms with Crippen molar-refractivity contribution in [3.8, 4) is 11.3 Å². The molecular formula is C29H29FN4O2. The summed E-state index contributed by atoms with van der Waals surface area (Å²) in [6.45, 7) is 4.50. The first-order valence-electron chi connectivity index (χ1n) is 11.9. The van der Waals surface area contributed by atoms with Crippen molar-refractivity contribution in [2.24, 2.45) is 5.92 Å². The van der Waals surface area contributed by atoms with E-state index >= 15 is 0 Å². The third kappa shape index (κ3) is 6.05. The Bertz CT molecular complexity index is 1320. The Labute approximate surface area is 210 Å². The van der Waals surface area contributed by atoms with Crippen LogP contribution in [-0.2, 0) is 17.9 Å². The van der Waals surface area contributed by atoms with Gasteiger partial charge in [0.25, 0.3) is 5.91 Å². The fraction of sp³-hybridized carbons (Fsp3) is 0.207. The summed E-state index contributed by atoms with van der Waals surface area (Å²) in [5, 5.41) is 10.4. The summed E-state index contributed by atoms with van der Waals surface area (Å²) in [6, 6.07) is 24.7. The summed E-state index contributed by atoms with van der Waals surface area (Å²) in [7, 11) is 0. The first kappa shape index (κ1) is 24.9. The van der Waals surface area contributed by atoms with Crippen molar-refractivity contribution in [2.75, 3.05) is 0 Å². The van der Waals surface area contributed by atoms with Crippen LogP contribution in [0.4, 0.5) is 4.39 Å². The molecule has 0 radical (unpaired) electrons. The smallest absolute Gasteiger partial charge is 0.254 e. The lowest BCUT2D eigenvalue weighted by atomic mass is 10.0. The van der Waals surface area contributed by atoms with Crippen molar-refractivity contribution < 1.29 is 14.0 Å². The second-order valence-electron chi connectivity index (χ2n) is 8.94. The lowest BCUT2D eigenvalue weighted by Gasteiger charge is -2.22. The Morgan fingerprint density at radius 3 is 2.22 bits per heavy atom. The van der Waals surface area contributed by atoms with Gasteiger partial charge in [0.05, 0.1) is 17.8 Å². The van der Waals surface area contributed by atoms with E-state index in [4.69, 9.17) is 5.10 Å². The Morgan fingerprint density at radius 1 is 0.917 bits per heavy atom. The van der Waals surface area contributed by atoms with Crippen molar-refractivity contribution in [3.05, 3.63) is 114 Å². The highest BCUT2D eigenvalue weighted by Gasteiger charge is 2.26. The lowest BCUT2D eigenvalue weighted by Crippen LogP contribution is -2.49. The molecular weight excluding hydrogens is 455 g/mol. The quantitative estimate of drug-likeness (QED) is 0.358. The zero-order valence-corrected chi connectivity index (χ0v) is 20.3. The molecule has 1 heterocycles. The average Bonchev–Trinajstić information content (AvgIpc) is 3.29. The number of hydrogen-bond donors (Lipinski definition) is 2. The van der Waals surface area contributed by atoms with E-state index in [2.05, 4.69) is 10.6 Å². The van der Waals surface area contributed by atoms with Crippen LogP contribution in [0.25, 0.3) is 11.3 Å². The van der Waals surface area contributed by atoms with E-state index in [1.54, 1.807) is 6.07 Å². The summed E-state index contributed by atoms with van der Waals surface area (Å²) < 4.78 is 15.9. The van der Waals surface area contributed by atoms with Crippen LogP contribution in [0, 0.1) is 11.7 Å². The maximum Gasteiger partial charge on any atom is 0.254 e. The van der Waals surface area contributed by atoms with E-state index in [0.717, 1.165) is 22.4 Å². The van der Waals surface area contributed by atoms with Crippen LogP contribution in [0.1, 0.15) is 35.3 Å². The fourth-order valence-corrected chi connectivity index (χ4v) is 3.97. The molecule has 0 aliphatic carbocycles. The molecule has 184 valence electrons. The number of aromatic nitrogens is 2. The highest BCUT2D eigenvalue weighted by molar-refractivity contribution is 5.97. The summed E-state index contributed by atoms with van der Waals surface area (Å²) in [6.07, 6.45) is 1.93. The van der Waals surface area contributed by atoms with E-state index in [0.29, 0.717) is 6.54 Å². The predicted molar refractivity (Wildman–Crippen MR) is 138 cm³/mol. The van der Waals surface area contributed by atoms with Gasteiger partial charge in [-0.1, -0.05) is 86.6 Å². The molecule has 4 rings (SSSR count). The molecule has 0 saturated carbocycles. The molecule has 0 bridgehead atoms. The molecule has 6 nitrogen and oxygen atoms in total. The van der Waals surface area contributed by atoms with Gasteiger partial charge in [-0.05, 0) is 23.6 Å². The number of nitrogens with zero attached hydrogens (tertiary/aromatic N) is 2. The first-order chi connectivity index (χ1) is 17.4. The van der Waals surface area contributed by atoms with Gasteiger partial charge in [0, 0.05) is 23.9 Å². The third-order valence-electron chi connectivity index (χ3n) is 5.88. The van der Waals surface area contributed by atoms with Crippen LogP contribution in [0.3, 0.4) is 0 Å². The van der Waals surface area contributed by atoms with Gasteiger partial charge in [0.1, 0.15) is 11.9 Å². The van der Waals surface area contributed by atoms with E-state index < -0.39 is 17.8 Å². The van der Waals surface area contributed by atoms with Crippen LogP contribution < -0.4 is 10.6 Å². The highest BCUT2D eigenvalue weighted by Crippen LogP contribution is 2.22. The van der Waals surface area contributed by atoms with Gasteiger partial charge >= 0.3 is 0 Å². The monoisotopic (exact) mass is 484 g/mol. The van der Waals surface area contributed by atoms with Gasteiger partial charge in [-0.3, -0.25) is 14.3 Å². The number of amides is 2. The first-order valence-corrected chi connectivity index (χ1v) is 11.9. The maximum atomic E-state index is 14.1. The molecule has 0 spiro atoms. The van der Waals surface area contributed by atoms with Gasteiger partial charge in [-0.25, -0.2) is 4.39 Å². The molecule has 1 aromatic heterocycles. The molecule has 0 aliphatic heterocycles. The number of halogens is 1. The summed E-state index contributed by atoms with van der Waals surface area (Å²) in [4.78, 5) is 25.7. The molecule has 4 aromatic rings. The minimum atomic E-state index is -0.823. The van der Waals surface area contributed by atoms with Crippen LogP contribution in [0.2, 0.25) is 0 Å².